The van der Waals surface area contributed by atoms with E-state index in [9.17, 15) is 14.4 Å². The zero-order chi connectivity index (χ0) is 61.7. The standard InChI is InChI=1S/C47H64N12O25S/c1-31(2)35-13-14-39(49-30-35)85(69,70)56(33(4)83-47(62)78-24-20-73-22-28-81-59(67)68)43-40(84-38-12-8-7-11-37(38)71-5)44(74-25-26-76-45(60)75-17-9-6-10-18-79-57(63)64)51-41(50-43)34-15-16-48-36(29-34)42-52-53-54-55(42)32(3)82-46(61)77-23-19-72-21-27-80-58(65)66/h7-8,11-16,29-33,63-68H,6,9-10,17-28H2,1-5H3. The van der Waals surface area contributed by atoms with Gasteiger partial charge in [0.05, 0.1) is 76.1 Å². The summed E-state index contributed by atoms with van der Waals surface area (Å²) in [4.78, 5) is 70.1. The Kier molecular flexibility index (Phi) is 28.2. The lowest BCUT2D eigenvalue weighted by Crippen LogP contribution is -2.43. The van der Waals surface area contributed by atoms with Crippen molar-refractivity contribution in [2.45, 2.75) is 70.4 Å². The number of benzene rings is 1. The maximum absolute atomic E-state index is 15.3. The first-order valence-corrected chi connectivity index (χ1v) is 26.9. The second-order valence-corrected chi connectivity index (χ2v) is 18.8. The number of unbranched alkanes of at least 4 members (excludes halogenated alkanes) is 2. The van der Waals surface area contributed by atoms with E-state index in [-0.39, 0.29) is 99.8 Å². The molecule has 1 aromatic carbocycles. The molecule has 0 spiro atoms. The van der Waals surface area contributed by atoms with Gasteiger partial charge in [0.2, 0.25) is 11.6 Å². The minimum absolute atomic E-state index is 0.00840. The zero-order valence-corrected chi connectivity index (χ0v) is 47.1. The number of anilines is 1. The summed E-state index contributed by atoms with van der Waals surface area (Å²) in [5.74, 6) is -2.13. The van der Waals surface area contributed by atoms with E-state index in [0.717, 1.165) is 4.68 Å². The minimum atomic E-state index is -5.06. The first kappa shape index (κ1) is 67.9. The van der Waals surface area contributed by atoms with Crippen molar-refractivity contribution in [2.24, 2.45) is 0 Å². The van der Waals surface area contributed by atoms with Gasteiger partial charge in [-0.2, -0.15) is 18.1 Å². The molecule has 0 aliphatic carbocycles. The average Bonchev–Trinajstić information content (AvgIpc) is 1.65. The van der Waals surface area contributed by atoms with E-state index in [2.05, 4.69) is 45.0 Å². The Balaban J connectivity index is 1.58. The van der Waals surface area contributed by atoms with Crippen molar-refractivity contribution >= 4 is 34.3 Å². The van der Waals surface area contributed by atoms with Gasteiger partial charge in [0, 0.05) is 18.0 Å². The van der Waals surface area contributed by atoms with E-state index < -0.39 is 99.4 Å². The van der Waals surface area contributed by atoms with E-state index in [4.69, 9.17) is 88.3 Å². The zero-order valence-electron chi connectivity index (χ0n) is 46.3. The Morgan fingerprint density at radius 2 is 1.25 bits per heavy atom. The highest BCUT2D eigenvalue weighted by molar-refractivity contribution is 7.92. The summed E-state index contributed by atoms with van der Waals surface area (Å²) in [6.07, 6.45) is -2.90. The molecule has 0 fully saturated rings. The topological polar surface area (TPSA) is 444 Å². The normalized spacial score (nSPS) is 12.3. The first-order valence-electron chi connectivity index (χ1n) is 25.4. The van der Waals surface area contributed by atoms with Gasteiger partial charge in [-0.3, -0.25) is 41.1 Å². The van der Waals surface area contributed by atoms with E-state index in [1.54, 1.807) is 12.1 Å². The molecule has 0 amide bonds. The van der Waals surface area contributed by atoms with Crippen LogP contribution in [0.5, 0.6) is 23.1 Å². The van der Waals surface area contributed by atoms with Crippen molar-refractivity contribution in [3.05, 3.63) is 66.5 Å². The quantitative estimate of drug-likeness (QED) is 0.0103. The largest absolute Gasteiger partial charge is 0.510 e. The summed E-state index contributed by atoms with van der Waals surface area (Å²) in [6, 6.07) is 11.7. The summed E-state index contributed by atoms with van der Waals surface area (Å²) in [5, 5.41) is 61.9. The number of carbonyl (C=O) groups is 3. The predicted octanol–water partition coefficient (Wildman–Crippen LogP) is 4.65. The number of methoxy groups -OCH3 is 1. The maximum Gasteiger partial charge on any atom is 0.510 e. The summed E-state index contributed by atoms with van der Waals surface area (Å²) < 4.78 is 92.6. The van der Waals surface area contributed by atoms with Crippen LogP contribution in [0.15, 0.2) is 66.0 Å². The second kappa shape index (κ2) is 35.4. The van der Waals surface area contributed by atoms with Gasteiger partial charge in [-0.15, -0.1) is 5.10 Å². The Labute approximate surface area is 483 Å². The predicted molar refractivity (Wildman–Crippen MR) is 275 cm³/mol. The van der Waals surface area contributed by atoms with Gasteiger partial charge in [0.1, 0.15) is 32.1 Å². The van der Waals surface area contributed by atoms with Crippen molar-refractivity contribution in [1.29, 1.82) is 0 Å². The van der Waals surface area contributed by atoms with Crippen LogP contribution in [0.4, 0.5) is 20.2 Å². The first-order chi connectivity index (χ1) is 40.8. The number of ether oxygens (including phenoxy) is 11. The molecule has 0 aliphatic heterocycles. The fourth-order valence-corrected chi connectivity index (χ4v) is 8.24. The molecule has 4 heterocycles. The Hall–Kier alpha value is -7.93. The number of tetrazole rings is 1. The summed E-state index contributed by atoms with van der Waals surface area (Å²) in [5.41, 5.74) is 0.740. The Bertz CT molecular complexity index is 2950. The van der Waals surface area contributed by atoms with Gasteiger partial charge in [0.15, 0.2) is 40.6 Å². The van der Waals surface area contributed by atoms with Crippen LogP contribution >= 0.6 is 0 Å². The van der Waals surface area contributed by atoms with Crippen LogP contribution in [-0.2, 0) is 62.4 Å². The SMILES string of the molecule is COc1ccccc1Oc1c(OCCOC(=O)OCCCCCON(O)O)nc(-c2ccnc(-c3nnnn3C(C)OC(=O)OCCOCCON(O)O)c2)nc1N(C(C)OC(=O)OCCOCCON(O)O)S(=O)(=O)c1ccc(C(C)C)cn1. The molecule has 37 nitrogen and oxygen atoms in total. The van der Waals surface area contributed by atoms with Crippen molar-refractivity contribution in [3.8, 4) is 46.0 Å². The number of sulfonamides is 1. The van der Waals surface area contributed by atoms with Gasteiger partial charge in [-0.25, -0.2) is 38.3 Å². The fraction of sp³-hybridized carbons (Fsp3) is 0.489. The molecule has 4 aromatic heterocycles. The molecule has 0 radical (unpaired) electrons. The van der Waals surface area contributed by atoms with Gasteiger partial charge < -0.3 is 52.1 Å². The summed E-state index contributed by atoms with van der Waals surface area (Å²) >= 11 is 0. The lowest BCUT2D eigenvalue weighted by Gasteiger charge is -2.30. The molecule has 38 heteroatoms. The van der Waals surface area contributed by atoms with Crippen LogP contribution in [0.2, 0.25) is 0 Å². The number of para-hydroxylation sites is 2. The molecule has 85 heavy (non-hydrogen) atoms. The molecule has 0 bridgehead atoms. The fourth-order valence-electron chi connectivity index (χ4n) is 6.82. The third-order valence-corrected chi connectivity index (χ3v) is 12.5. The molecule has 5 aromatic rings. The van der Waals surface area contributed by atoms with E-state index in [1.165, 1.54) is 69.7 Å². The number of carbonyl (C=O) groups excluding carboxylic acids is 3. The molecular weight excluding hydrogens is 1160 g/mol. The van der Waals surface area contributed by atoms with Crippen molar-refractivity contribution in [1.82, 2.24) is 56.3 Å². The average molecular weight is 1230 g/mol. The minimum Gasteiger partial charge on any atom is -0.493 e. The third kappa shape index (κ3) is 22.5. The van der Waals surface area contributed by atoms with Crippen LogP contribution in [0, 0.1) is 0 Å². The Morgan fingerprint density at radius 3 is 1.88 bits per heavy atom. The molecule has 2 atom stereocenters. The van der Waals surface area contributed by atoms with Crippen LogP contribution in [0.25, 0.3) is 22.9 Å². The van der Waals surface area contributed by atoms with Gasteiger partial charge >= 0.3 is 18.5 Å². The molecule has 0 saturated heterocycles. The third-order valence-electron chi connectivity index (χ3n) is 10.7. The van der Waals surface area contributed by atoms with Gasteiger partial charge in [-0.1, -0.05) is 32.0 Å². The van der Waals surface area contributed by atoms with Crippen LogP contribution < -0.4 is 18.5 Å². The maximum atomic E-state index is 15.3. The number of hydrogen-bond donors (Lipinski definition) is 6. The van der Waals surface area contributed by atoms with Crippen molar-refractivity contribution < 1.29 is 121 Å². The lowest BCUT2D eigenvalue weighted by molar-refractivity contribution is -0.493. The number of hydrogen-bond acceptors (Lipinski definition) is 35. The number of aromatic nitrogens is 8. The molecule has 0 saturated carbocycles. The smallest absolute Gasteiger partial charge is 0.493 e. The summed E-state index contributed by atoms with van der Waals surface area (Å²) in [6.45, 7) is 3.40. The van der Waals surface area contributed by atoms with Crippen molar-refractivity contribution in [3.63, 3.8) is 0 Å². The van der Waals surface area contributed by atoms with Crippen LogP contribution in [0.3, 0.4) is 0 Å². The van der Waals surface area contributed by atoms with Crippen LogP contribution in [0.1, 0.15) is 64.7 Å². The Morgan fingerprint density at radius 1 is 0.647 bits per heavy atom. The highest BCUT2D eigenvalue weighted by Crippen LogP contribution is 2.45. The number of rotatable bonds is 38. The molecule has 5 rings (SSSR count). The van der Waals surface area contributed by atoms with Gasteiger partial charge in [0.25, 0.3) is 15.9 Å². The second-order valence-electron chi connectivity index (χ2n) is 17.0. The summed E-state index contributed by atoms with van der Waals surface area (Å²) in [7, 11) is -3.72. The molecule has 6 N–H and O–H groups in total. The molecular formula is C47H64N12O25S. The highest BCUT2D eigenvalue weighted by Gasteiger charge is 2.39. The number of pyridine rings is 2. The molecule has 468 valence electrons. The van der Waals surface area contributed by atoms with Crippen LogP contribution in [-0.4, -0.2) is 207 Å². The number of nitrogens with zero attached hydrogens (tertiary/aromatic N) is 12. The van der Waals surface area contributed by atoms with E-state index in [0.29, 0.717) is 29.1 Å². The lowest BCUT2D eigenvalue weighted by atomic mass is 10.1. The monoisotopic (exact) mass is 1230 g/mol. The highest BCUT2D eigenvalue weighted by atomic mass is 32.2. The van der Waals surface area contributed by atoms with Crippen molar-refractivity contribution in [2.75, 3.05) is 90.7 Å². The van der Waals surface area contributed by atoms with Gasteiger partial charge in [-0.05, 0) is 85.3 Å². The van der Waals surface area contributed by atoms with E-state index in [1.807, 2.05) is 13.8 Å². The molecule has 2 unspecified atom stereocenters. The molecule has 0 aliphatic rings. The van der Waals surface area contributed by atoms with E-state index >= 15 is 8.42 Å².